The Balaban J connectivity index is 2.89. The van der Waals surface area contributed by atoms with E-state index in [4.69, 9.17) is 19.9 Å². The largest absolute Gasteiger partial charge is 0.494 e. The standard InChI is InChI=1S/C16H22N2O5/c1-16(2,17)8-18-10-7-12(22-4)11(21-3)6-9(10)14(23-5)13(18)15(19)20/h6-7H,8,17H2,1-5H3,(H,19,20). The third kappa shape index (κ3) is 3.05. The molecule has 0 radical (unpaired) electrons. The Labute approximate surface area is 134 Å². The summed E-state index contributed by atoms with van der Waals surface area (Å²) in [5.41, 5.74) is 6.21. The second kappa shape index (κ2) is 6.00. The zero-order valence-corrected chi connectivity index (χ0v) is 14.0. The van der Waals surface area contributed by atoms with Gasteiger partial charge in [-0.15, -0.1) is 0 Å². The summed E-state index contributed by atoms with van der Waals surface area (Å²) in [7, 11) is 4.49. The van der Waals surface area contributed by atoms with Crippen molar-refractivity contribution >= 4 is 16.9 Å². The van der Waals surface area contributed by atoms with Gasteiger partial charge in [-0.25, -0.2) is 4.79 Å². The first-order valence-electron chi connectivity index (χ1n) is 7.08. The molecule has 0 bridgehead atoms. The fourth-order valence-electron chi connectivity index (χ4n) is 2.63. The van der Waals surface area contributed by atoms with E-state index in [9.17, 15) is 9.90 Å². The average Bonchev–Trinajstić information content (AvgIpc) is 2.76. The summed E-state index contributed by atoms with van der Waals surface area (Å²) in [6, 6.07) is 3.44. The summed E-state index contributed by atoms with van der Waals surface area (Å²) in [5, 5.41) is 10.3. The predicted molar refractivity (Wildman–Crippen MR) is 86.8 cm³/mol. The SMILES string of the molecule is COc1cc2c(OC)c(C(=O)O)n(CC(C)(C)N)c2cc1OC. The van der Waals surface area contributed by atoms with E-state index >= 15 is 0 Å². The topological polar surface area (TPSA) is 95.9 Å². The number of hydrogen-bond acceptors (Lipinski definition) is 5. The lowest BCUT2D eigenvalue weighted by molar-refractivity contribution is 0.0680. The second-order valence-corrected chi connectivity index (χ2v) is 5.99. The number of aromatic nitrogens is 1. The zero-order chi connectivity index (χ0) is 17.4. The molecule has 0 spiro atoms. The highest BCUT2D eigenvalue weighted by Gasteiger charge is 2.27. The van der Waals surface area contributed by atoms with Crippen LogP contribution in [0.2, 0.25) is 0 Å². The Kier molecular flexibility index (Phi) is 4.42. The third-order valence-electron chi connectivity index (χ3n) is 3.49. The Morgan fingerprint density at radius 1 is 1.17 bits per heavy atom. The number of carbonyl (C=O) groups is 1. The average molecular weight is 322 g/mol. The van der Waals surface area contributed by atoms with Gasteiger partial charge >= 0.3 is 5.97 Å². The van der Waals surface area contributed by atoms with E-state index in [1.165, 1.54) is 21.3 Å². The monoisotopic (exact) mass is 322 g/mol. The molecule has 1 aromatic carbocycles. The number of hydrogen-bond donors (Lipinski definition) is 2. The van der Waals surface area contributed by atoms with Crippen LogP contribution in [-0.4, -0.2) is 42.5 Å². The molecule has 0 atom stereocenters. The molecule has 0 aliphatic heterocycles. The molecule has 7 heteroatoms. The van der Waals surface area contributed by atoms with E-state index in [0.29, 0.717) is 28.9 Å². The molecule has 0 unspecified atom stereocenters. The van der Waals surface area contributed by atoms with Gasteiger partial charge in [-0.1, -0.05) is 0 Å². The van der Waals surface area contributed by atoms with Gasteiger partial charge in [0.15, 0.2) is 22.9 Å². The van der Waals surface area contributed by atoms with Crippen LogP contribution in [0.25, 0.3) is 10.9 Å². The highest BCUT2D eigenvalue weighted by atomic mass is 16.5. The van der Waals surface area contributed by atoms with Crippen LogP contribution in [0.4, 0.5) is 0 Å². The van der Waals surface area contributed by atoms with Crippen LogP contribution in [0.1, 0.15) is 24.3 Å². The van der Waals surface area contributed by atoms with Crippen LogP contribution in [0.5, 0.6) is 17.2 Å². The molecule has 1 aromatic heterocycles. The first-order valence-corrected chi connectivity index (χ1v) is 7.08. The Bertz CT molecular complexity index is 743. The first kappa shape index (κ1) is 17.0. The van der Waals surface area contributed by atoms with Crippen molar-refractivity contribution < 1.29 is 24.1 Å². The van der Waals surface area contributed by atoms with Crippen molar-refractivity contribution in [2.75, 3.05) is 21.3 Å². The van der Waals surface area contributed by atoms with Crippen LogP contribution in [-0.2, 0) is 6.54 Å². The molecule has 2 rings (SSSR count). The van der Waals surface area contributed by atoms with Gasteiger partial charge in [-0.2, -0.15) is 0 Å². The summed E-state index contributed by atoms with van der Waals surface area (Å²) in [6.45, 7) is 3.97. The fraction of sp³-hybridized carbons (Fsp3) is 0.438. The van der Waals surface area contributed by atoms with Crippen molar-refractivity contribution in [2.45, 2.75) is 25.9 Å². The van der Waals surface area contributed by atoms with Crippen LogP contribution in [0.3, 0.4) is 0 Å². The lowest BCUT2D eigenvalue weighted by Gasteiger charge is -2.21. The van der Waals surface area contributed by atoms with Gasteiger partial charge in [0.05, 0.1) is 26.8 Å². The number of rotatable bonds is 6. The van der Waals surface area contributed by atoms with E-state index in [1.54, 1.807) is 16.7 Å². The summed E-state index contributed by atoms with van der Waals surface area (Å²) < 4.78 is 17.6. The van der Waals surface area contributed by atoms with E-state index in [-0.39, 0.29) is 11.4 Å². The number of nitrogens with zero attached hydrogens (tertiary/aromatic N) is 1. The molecule has 0 aliphatic rings. The van der Waals surface area contributed by atoms with Crippen LogP contribution >= 0.6 is 0 Å². The molecule has 1 heterocycles. The van der Waals surface area contributed by atoms with Crippen LogP contribution in [0.15, 0.2) is 12.1 Å². The van der Waals surface area contributed by atoms with Gasteiger partial charge < -0.3 is 29.6 Å². The number of carboxylic acids is 1. The van der Waals surface area contributed by atoms with Gasteiger partial charge in [-0.05, 0) is 19.9 Å². The number of carboxylic acid groups (broad SMARTS) is 1. The minimum absolute atomic E-state index is 0.0522. The first-order chi connectivity index (χ1) is 10.7. The molecule has 0 saturated heterocycles. The maximum atomic E-state index is 11.8. The number of fused-ring (bicyclic) bond motifs is 1. The predicted octanol–water partition coefficient (Wildman–Crippen LogP) is 2.10. The van der Waals surface area contributed by atoms with Crippen molar-refractivity contribution in [3.63, 3.8) is 0 Å². The Morgan fingerprint density at radius 3 is 2.17 bits per heavy atom. The molecule has 0 amide bonds. The van der Waals surface area contributed by atoms with E-state index < -0.39 is 11.5 Å². The van der Waals surface area contributed by atoms with Crippen molar-refractivity contribution in [1.82, 2.24) is 4.57 Å². The highest BCUT2D eigenvalue weighted by molar-refractivity contribution is 6.02. The number of ether oxygens (including phenoxy) is 3. The van der Waals surface area contributed by atoms with Crippen molar-refractivity contribution in [2.24, 2.45) is 5.73 Å². The molecule has 0 aliphatic carbocycles. The van der Waals surface area contributed by atoms with Crippen molar-refractivity contribution in [1.29, 1.82) is 0 Å². The molecule has 2 aromatic rings. The van der Waals surface area contributed by atoms with Gasteiger partial charge in [0.2, 0.25) is 0 Å². The summed E-state index contributed by atoms with van der Waals surface area (Å²) >= 11 is 0. The normalized spacial score (nSPS) is 11.6. The lowest BCUT2D eigenvalue weighted by Crippen LogP contribution is -2.37. The molecule has 23 heavy (non-hydrogen) atoms. The highest BCUT2D eigenvalue weighted by Crippen LogP contribution is 2.40. The minimum Gasteiger partial charge on any atom is -0.494 e. The summed E-state index contributed by atoms with van der Waals surface area (Å²) in [6.07, 6.45) is 0. The number of methoxy groups -OCH3 is 3. The lowest BCUT2D eigenvalue weighted by atomic mass is 10.1. The quantitative estimate of drug-likeness (QED) is 0.845. The summed E-state index contributed by atoms with van der Waals surface area (Å²) in [4.78, 5) is 11.8. The maximum absolute atomic E-state index is 11.8. The number of nitrogens with two attached hydrogens (primary N) is 1. The minimum atomic E-state index is -1.08. The Hall–Kier alpha value is -2.41. The molecular formula is C16H22N2O5. The second-order valence-electron chi connectivity index (χ2n) is 5.99. The molecule has 0 fully saturated rings. The van der Waals surface area contributed by atoms with Gasteiger partial charge in [0, 0.05) is 23.5 Å². The third-order valence-corrected chi connectivity index (χ3v) is 3.49. The maximum Gasteiger partial charge on any atom is 0.356 e. The molecule has 7 nitrogen and oxygen atoms in total. The molecule has 126 valence electrons. The van der Waals surface area contributed by atoms with E-state index in [0.717, 1.165) is 0 Å². The van der Waals surface area contributed by atoms with Crippen molar-refractivity contribution in [3.05, 3.63) is 17.8 Å². The van der Waals surface area contributed by atoms with E-state index in [1.807, 2.05) is 13.8 Å². The van der Waals surface area contributed by atoms with Crippen molar-refractivity contribution in [3.8, 4) is 17.2 Å². The molecule has 3 N–H and O–H groups in total. The molecule has 0 saturated carbocycles. The Morgan fingerprint density at radius 2 is 1.74 bits per heavy atom. The van der Waals surface area contributed by atoms with Crippen LogP contribution < -0.4 is 19.9 Å². The van der Waals surface area contributed by atoms with Crippen LogP contribution in [0, 0.1) is 0 Å². The molecular weight excluding hydrogens is 300 g/mol. The number of benzene rings is 1. The summed E-state index contributed by atoms with van der Waals surface area (Å²) in [5.74, 6) is 0.200. The van der Waals surface area contributed by atoms with Gasteiger partial charge in [0.25, 0.3) is 0 Å². The van der Waals surface area contributed by atoms with Gasteiger partial charge in [-0.3, -0.25) is 0 Å². The van der Waals surface area contributed by atoms with Gasteiger partial charge in [0.1, 0.15) is 0 Å². The van der Waals surface area contributed by atoms with E-state index in [2.05, 4.69) is 0 Å². The zero-order valence-electron chi connectivity index (χ0n) is 14.0. The smallest absolute Gasteiger partial charge is 0.356 e. The number of aromatic carboxylic acids is 1. The fourth-order valence-corrected chi connectivity index (χ4v) is 2.63.